The van der Waals surface area contributed by atoms with Crippen LogP contribution in [0.15, 0.2) is 83.3 Å². The number of hydrogen-bond acceptors (Lipinski definition) is 2. The van der Waals surface area contributed by atoms with E-state index in [0.717, 1.165) is 28.8 Å². The van der Waals surface area contributed by atoms with Gasteiger partial charge in [0.1, 0.15) is 5.75 Å². The van der Waals surface area contributed by atoms with Crippen molar-refractivity contribution >= 4 is 15.9 Å². The van der Waals surface area contributed by atoms with Gasteiger partial charge in [-0.3, -0.25) is 0 Å². The molecule has 0 aliphatic carbocycles. The van der Waals surface area contributed by atoms with Crippen molar-refractivity contribution in [2.24, 2.45) is 0 Å². The van der Waals surface area contributed by atoms with E-state index < -0.39 is 0 Å². The molecule has 3 aromatic carbocycles. The minimum absolute atomic E-state index is 0.243. The van der Waals surface area contributed by atoms with E-state index in [0.29, 0.717) is 0 Å². The molecule has 1 N–H and O–H groups in total. The highest BCUT2D eigenvalue weighted by molar-refractivity contribution is 9.10. The molecule has 128 valence electrons. The Morgan fingerprint density at radius 3 is 2.28 bits per heavy atom. The van der Waals surface area contributed by atoms with Crippen LogP contribution in [0.2, 0.25) is 0 Å². The van der Waals surface area contributed by atoms with Crippen LogP contribution in [-0.4, -0.2) is 7.11 Å². The third kappa shape index (κ3) is 4.94. The monoisotopic (exact) mass is 395 g/mol. The Morgan fingerprint density at radius 2 is 1.60 bits per heavy atom. The normalized spacial score (nSPS) is 11.9. The fourth-order valence-corrected chi connectivity index (χ4v) is 3.37. The number of ether oxygens (including phenoxy) is 1. The molecular weight excluding hydrogens is 374 g/mol. The molecule has 3 rings (SSSR count). The van der Waals surface area contributed by atoms with E-state index in [4.69, 9.17) is 4.74 Å². The van der Waals surface area contributed by atoms with Crippen molar-refractivity contribution in [2.75, 3.05) is 7.11 Å². The fraction of sp³-hybridized carbons (Fsp3) is 0.182. The van der Waals surface area contributed by atoms with E-state index in [1.165, 1.54) is 11.1 Å². The van der Waals surface area contributed by atoms with Crippen LogP contribution in [0.25, 0.3) is 0 Å². The Bertz CT molecular complexity index is 790. The van der Waals surface area contributed by atoms with Crippen LogP contribution in [0.5, 0.6) is 5.75 Å². The van der Waals surface area contributed by atoms with Gasteiger partial charge in [0.05, 0.1) is 7.11 Å². The van der Waals surface area contributed by atoms with Gasteiger partial charge in [-0.1, -0.05) is 76.6 Å². The number of hydrogen-bond donors (Lipinski definition) is 1. The topological polar surface area (TPSA) is 21.3 Å². The summed E-state index contributed by atoms with van der Waals surface area (Å²) in [6.07, 6.45) is 0.946. The van der Waals surface area contributed by atoms with Crippen molar-refractivity contribution in [1.82, 2.24) is 5.32 Å². The van der Waals surface area contributed by atoms with Gasteiger partial charge in [0, 0.05) is 22.6 Å². The van der Waals surface area contributed by atoms with Crippen molar-refractivity contribution < 1.29 is 4.74 Å². The second-order valence-electron chi connectivity index (χ2n) is 5.99. The van der Waals surface area contributed by atoms with Gasteiger partial charge in [0.2, 0.25) is 0 Å². The van der Waals surface area contributed by atoms with Gasteiger partial charge >= 0.3 is 0 Å². The maximum Gasteiger partial charge on any atom is 0.123 e. The number of benzene rings is 3. The van der Waals surface area contributed by atoms with Crippen molar-refractivity contribution in [3.63, 3.8) is 0 Å². The maximum absolute atomic E-state index is 5.50. The Kier molecular flexibility index (Phi) is 6.26. The van der Waals surface area contributed by atoms with Crippen molar-refractivity contribution in [1.29, 1.82) is 0 Å². The minimum Gasteiger partial charge on any atom is -0.496 e. The summed E-state index contributed by atoms with van der Waals surface area (Å²) < 4.78 is 6.56. The minimum atomic E-state index is 0.243. The standard InChI is InChI=1S/C22H22BrNO/c1-25-22-13-12-20(23)15-19(22)16-24-21(18-10-6-3-7-11-18)14-17-8-4-2-5-9-17/h2-13,15,21,24H,14,16H2,1H3/t21-/m1/s1. The number of methoxy groups -OCH3 is 1. The predicted molar refractivity (Wildman–Crippen MR) is 107 cm³/mol. The molecule has 0 heterocycles. The van der Waals surface area contributed by atoms with Gasteiger partial charge in [0.15, 0.2) is 0 Å². The Labute approximate surface area is 158 Å². The molecule has 0 bridgehead atoms. The van der Waals surface area contributed by atoms with Crippen LogP contribution in [0.3, 0.4) is 0 Å². The molecule has 0 aromatic heterocycles. The fourth-order valence-electron chi connectivity index (χ4n) is 2.96. The first-order valence-electron chi connectivity index (χ1n) is 8.41. The first-order chi connectivity index (χ1) is 12.3. The van der Waals surface area contributed by atoms with Gasteiger partial charge in [-0.15, -0.1) is 0 Å². The molecule has 0 aliphatic rings. The van der Waals surface area contributed by atoms with Crippen molar-refractivity contribution in [3.8, 4) is 5.75 Å². The lowest BCUT2D eigenvalue weighted by Crippen LogP contribution is -2.23. The lowest BCUT2D eigenvalue weighted by molar-refractivity contribution is 0.405. The highest BCUT2D eigenvalue weighted by Gasteiger charge is 2.13. The quantitative estimate of drug-likeness (QED) is 0.567. The van der Waals surface area contributed by atoms with E-state index in [-0.39, 0.29) is 6.04 Å². The number of nitrogens with one attached hydrogen (secondary N) is 1. The van der Waals surface area contributed by atoms with E-state index >= 15 is 0 Å². The SMILES string of the molecule is COc1ccc(Br)cc1CN[C@H](Cc1ccccc1)c1ccccc1. The summed E-state index contributed by atoms with van der Waals surface area (Å²) in [6, 6.07) is 27.5. The van der Waals surface area contributed by atoms with Crippen LogP contribution >= 0.6 is 15.9 Å². The van der Waals surface area contributed by atoms with Crippen molar-refractivity contribution in [2.45, 2.75) is 19.0 Å². The summed E-state index contributed by atoms with van der Waals surface area (Å²) in [6.45, 7) is 0.745. The third-order valence-electron chi connectivity index (χ3n) is 4.27. The van der Waals surface area contributed by atoms with E-state index in [2.05, 4.69) is 88.0 Å². The van der Waals surface area contributed by atoms with Crippen LogP contribution in [0.1, 0.15) is 22.7 Å². The van der Waals surface area contributed by atoms with Crippen LogP contribution in [0.4, 0.5) is 0 Å². The Balaban J connectivity index is 1.79. The summed E-state index contributed by atoms with van der Waals surface area (Å²) in [5.74, 6) is 0.905. The van der Waals surface area contributed by atoms with Crippen LogP contribution < -0.4 is 10.1 Å². The molecule has 3 aromatic rings. The Morgan fingerprint density at radius 1 is 0.920 bits per heavy atom. The average molecular weight is 396 g/mol. The number of rotatable bonds is 7. The molecule has 0 radical (unpaired) electrons. The lowest BCUT2D eigenvalue weighted by Gasteiger charge is -2.20. The molecule has 0 saturated heterocycles. The molecule has 2 nitrogen and oxygen atoms in total. The van der Waals surface area contributed by atoms with Gasteiger partial charge in [0.25, 0.3) is 0 Å². The third-order valence-corrected chi connectivity index (χ3v) is 4.76. The molecule has 0 unspecified atom stereocenters. The zero-order chi connectivity index (χ0) is 17.5. The number of halogens is 1. The predicted octanol–water partition coefficient (Wildman–Crippen LogP) is 5.53. The first-order valence-corrected chi connectivity index (χ1v) is 9.20. The molecule has 1 atom stereocenters. The molecule has 0 saturated carbocycles. The molecule has 0 fully saturated rings. The summed E-state index contributed by atoms with van der Waals surface area (Å²) in [7, 11) is 1.71. The molecule has 0 aliphatic heterocycles. The van der Waals surface area contributed by atoms with Gasteiger partial charge in [-0.05, 0) is 35.7 Å². The summed E-state index contributed by atoms with van der Waals surface area (Å²) >= 11 is 3.55. The van der Waals surface area contributed by atoms with Gasteiger partial charge in [-0.25, -0.2) is 0 Å². The Hall–Kier alpha value is -2.10. The molecule has 25 heavy (non-hydrogen) atoms. The summed E-state index contributed by atoms with van der Waals surface area (Å²) in [5.41, 5.74) is 3.76. The largest absolute Gasteiger partial charge is 0.496 e. The molecule has 0 amide bonds. The highest BCUT2D eigenvalue weighted by Crippen LogP contribution is 2.25. The summed E-state index contributed by atoms with van der Waals surface area (Å²) in [5, 5.41) is 3.70. The van der Waals surface area contributed by atoms with Crippen LogP contribution in [-0.2, 0) is 13.0 Å². The zero-order valence-electron chi connectivity index (χ0n) is 14.3. The summed E-state index contributed by atoms with van der Waals surface area (Å²) in [4.78, 5) is 0. The van der Waals surface area contributed by atoms with Gasteiger partial charge in [-0.2, -0.15) is 0 Å². The van der Waals surface area contributed by atoms with Crippen LogP contribution in [0, 0.1) is 0 Å². The molecule has 3 heteroatoms. The highest BCUT2D eigenvalue weighted by atomic mass is 79.9. The first kappa shape index (κ1) is 17.7. The van der Waals surface area contributed by atoms with E-state index in [1.54, 1.807) is 7.11 Å². The lowest BCUT2D eigenvalue weighted by atomic mass is 9.98. The second kappa shape index (κ2) is 8.84. The second-order valence-corrected chi connectivity index (χ2v) is 6.91. The zero-order valence-corrected chi connectivity index (χ0v) is 15.9. The smallest absolute Gasteiger partial charge is 0.123 e. The maximum atomic E-state index is 5.50. The van der Waals surface area contributed by atoms with E-state index in [9.17, 15) is 0 Å². The average Bonchev–Trinajstić information content (AvgIpc) is 2.67. The molecule has 0 spiro atoms. The van der Waals surface area contributed by atoms with Crippen molar-refractivity contribution in [3.05, 3.63) is 100 Å². The molecular formula is C22H22BrNO. The van der Waals surface area contributed by atoms with Gasteiger partial charge < -0.3 is 10.1 Å². The van der Waals surface area contributed by atoms with E-state index in [1.807, 2.05) is 12.1 Å².